The summed E-state index contributed by atoms with van der Waals surface area (Å²) in [5.41, 5.74) is 5.15. The Labute approximate surface area is 204 Å². The van der Waals surface area contributed by atoms with Crippen molar-refractivity contribution in [1.82, 2.24) is 29.0 Å². The molecule has 1 aliphatic rings. The molecule has 9 nitrogen and oxygen atoms in total. The van der Waals surface area contributed by atoms with Crippen molar-refractivity contribution in [3.05, 3.63) is 64.5 Å². The molecule has 4 heterocycles. The summed E-state index contributed by atoms with van der Waals surface area (Å²) >= 11 is 0. The van der Waals surface area contributed by atoms with Crippen LogP contribution in [0.2, 0.25) is 0 Å². The molecule has 0 bridgehead atoms. The van der Waals surface area contributed by atoms with Crippen LogP contribution in [-0.4, -0.2) is 54.2 Å². The Hall–Kier alpha value is -3.77. The van der Waals surface area contributed by atoms with Gasteiger partial charge in [-0.3, -0.25) is 19.7 Å². The van der Waals surface area contributed by atoms with E-state index in [1.54, 1.807) is 36.2 Å². The van der Waals surface area contributed by atoms with Gasteiger partial charge in [-0.25, -0.2) is 14.2 Å². The number of hydrogen-bond donors (Lipinski definition) is 0. The SMILES string of the molecule is CC[C@@H]1CN(c2cc(=O)n(C)n3cc(CC#N)nc23)[C@@H](C)CN1C(C)c1ccc2nccnc2c1. The lowest BCUT2D eigenvalue weighted by Crippen LogP contribution is -2.58. The van der Waals surface area contributed by atoms with E-state index < -0.39 is 0 Å². The van der Waals surface area contributed by atoms with Crippen molar-refractivity contribution < 1.29 is 0 Å². The van der Waals surface area contributed by atoms with E-state index >= 15 is 0 Å². The lowest BCUT2D eigenvalue weighted by molar-refractivity contribution is 0.106. The van der Waals surface area contributed by atoms with Gasteiger partial charge in [0.2, 0.25) is 0 Å². The zero-order valence-electron chi connectivity index (χ0n) is 20.6. The second-order valence-electron chi connectivity index (χ2n) is 9.37. The summed E-state index contributed by atoms with van der Waals surface area (Å²) in [6.45, 7) is 8.31. The molecule has 1 aromatic carbocycles. The molecule has 0 radical (unpaired) electrons. The van der Waals surface area contributed by atoms with Gasteiger partial charge < -0.3 is 4.90 Å². The number of piperazine rings is 1. The fourth-order valence-electron chi connectivity index (χ4n) is 5.25. The number of anilines is 1. The van der Waals surface area contributed by atoms with Crippen LogP contribution in [0.5, 0.6) is 0 Å². The topological polar surface area (TPSA) is 95.3 Å². The minimum atomic E-state index is -0.0956. The summed E-state index contributed by atoms with van der Waals surface area (Å²) in [5, 5.41) is 9.14. The first-order valence-corrected chi connectivity index (χ1v) is 12.1. The third kappa shape index (κ3) is 4.04. The van der Waals surface area contributed by atoms with Gasteiger partial charge in [-0.15, -0.1) is 0 Å². The van der Waals surface area contributed by atoms with Crippen molar-refractivity contribution in [2.75, 3.05) is 18.0 Å². The molecule has 5 rings (SSSR count). The van der Waals surface area contributed by atoms with Crippen LogP contribution >= 0.6 is 0 Å². The molecule has 180 valence electrons. The Morgan fingerprint density at radius 1 is 1.17 bits per heavy atom. The molecule has 1 unspecified atom stereocenters. The number of nitriles is 1. The maximum absolute atomic E-state index is 12.8. The molecule has 0 amide bonds. The molecule has 0 spiro atoms. The maximum Gasteiger partial charge on any atom is 0.267 e. The van der Waals surface area contributed by atoms with Crippen molar-refractivity contribution >= 4 is 22.4 Å². The van der Waals surface area contributed by atoms with E-state index in [1.807, 2.05) is 6.07 Å². The van der Waals surface area contributed by atoms with E-state index in [0.717, 1.165) is 36.2 Å². The highest BCUT2D eigenvalue weighted by molar-refractivity contribution is 5.74. The molecule has 1 aliphatic heterocycles. The van der Waals surface area contributed by atoms with E-state index in [9.17, 15) is 4.79 Å². The van der Waals surface area contributed by atoms with E-state index in [2.05, 4.69) is 58.7 Å². The van der Waals surface area contributed by atoms with Gasteiger partial charge in [0, 0.05) is 56.7 Å². The molecule has 1 fully saturated rings. The minimum absolute atomic E-state index is 0.0956. The van der Waals surface area contributed by atoms with E-state index in [0.29, 0.717) is 17.4 Å². The number of nitrogens with zero attached hydrogens (tertiary/aromatic N) is 8. The van der Waals surface area contributed by atoms with Gasteiger partial charge in [0.15, 0.2) is 5.65 Å². The summed E-state index contributed by atoms with van der Waals surface area (Å²) in [6.07, 6.45) is 6.43. The van der Waals surface area contributed by atoms with Gasteiger partial charge in [-0.05, 0) is 38.0 Å². The van der Waals surface area contributed by atoms with Gasteiger partial charge >= 0.3 is 0 Å². The Morgan fingerprint density at radius 2 is 1.94 bits per heavy atom. The number of rotatable bonds is 5. The summed E-state index contributed by atoms with van der Waals surface area (Å²) in [7, 11) is 1.72. The lowest BCUT2D eigenvalue weighted by atomic mass is 9.98. The zero-order valence-corrected chi connectivity index (χ0v) is 20.6. The first-order valence-electron chi connectivity index (χ1n) is 12.1. The van der Waals surface area contributed by atoms with Gasteiger partial charge in [-0.1, -0.05) is 13.0 Å². The number of benzene rings is 1. The number of aromatic nitrogens is 5. The van der Waals surface area contributed by atoms with Crippen molar-refractivity contribution in [1.29, 1.82) is 5.26 Å². The van der Waals surface area contributed by atoms with Crippen LogP contribution in [0.1, 0.15) is 44.5 Å². The second-order valence-corrected chi connectivity index (χ2v) is 9.37. The summed E-state index contributed by atoms with van der Waals surface area (Å²) in [5.74, 6) is 0. The molecular weight excluding hydrogens is 440 g/mol. The van der Waals surface area contributed by atoms with E-state index in [1.165, 1.54) is 10.2 Å². The minimum Gasteiger partial charge on any atom is -0.363 e. The smallest absolute Gasteiger partial charge is 0.267 e. The Bertz CT molecular complexity index is 1480. The highest BCUT2D eigenvalue weighted by Crippen LogP contribution is 2.33. The molecule has 1 saturated heterocycles. The van der Waals surface area contributed by atoms with Gasteiger partial charge in [0.25, 0.3) is 5.56 Å². The summed E-state index contributed by atoms with van der Waals surface area (Å²) in [6, 6.07) is 10.9. The third-order valence-corrected chi connectivity index (χ3v) is 7.27. The highest BCUT2D eigenvalue weighted by atomic mass is 16.1. The second kappa shape index (κ2) is 9.12. The van der Waals surface area contributed by atoms with Crippen molar-refractivity contribution in [2.24, 2.45) is 7.05 Å². The normalized spacial score (nSPS) is 19.8. The molecule has 0 N–H and O–H groups in total. The quantitative estimate of drug-likeness (QED) is 0.442. The van der Waals surface area contributed by atoms with Crippen LogP contribution < -0.4 is 10.5 Å². The largest absolute Gasteiger partial charge is 0.363 e. The van der Waals surface area contributed by atoms with Crippen LogP contribution in [0, 0.1) is 11.3 Å². The molecule has 9 heteroatoms. The fourth-order valence-corrected chi connectivity index (χ4v) is 5.25. The molecule has 4 aromatic rings. The molecule has 0 aliphatic carbocycles. The van der Waals surface area contributed by atoms with Crippen LogP contribution in [-0.2, 0) is 13.5 Å². The molecule has 3 atom stereocenters. The zero-order chi connectivity index (χ0) is 24.7. The van der Waals surface area contributed by atoms with Crippen LogP contribution in [0.25, 0.3) is 16.7 Å². The highest BCUT2D eigenvalue weighted by Gasteiger charge is 2.35. The van der Waals surface area contributed by atoms with Crippen molar-refractivity contribution in [3.8, 4) is 6.07 Å². The van der Waals surface area contributed by atoms with Gasteiger partial charge in [0.1, 0.15) is 0 Å². The molecule has 3 aromatic heterocycles. The molecule has 35 heavy (non-hydrogen) atoms. The number of imidazole rings is 1. The first kappa shape index (κ1) is 23.0. The van der Waals surface area contributed by atoms with Crippen molar-refractivity contribution in [2.45, 2.75) is 51.7 Å². The fraction of sp³-hybridized carbons (Fsp3) is 0.423. The standard InChI is InChI=1S/C26H30N8O/c1-5-21-16-32(24-13-25(35)31(4)34-15-20(8-9-27)30-26(24)34)17(2)14-33(21)18(3)19-6-7-22-23(12-19)29-11-10-28-22/h6-7,10-13,15,17-18,21H,5,8,14,16H2,1-4H3/t17-,18?,21+/m0/s1. The van der Waals surface area contributed by atoms with E-state index in [-0.39, 0.29) is 24.1 Å². The Kier molecular flexibility index (Phi) is 5.99. The monoisotopic (exact) mass is 470 g/mol. The summed E-state index contributed by atoms with van der Waals surface area (Å²) < 4.78 is 3.30. The number of hydrogen-bond acceptors (Lipinski definition) is 7. The van der Waals surface area contributed by atoms with Crippen LogP contribution in [0.15, 0.2) is 47.7 Å². The molecule has 0 saturated carbocycles. The van der Waals surface area contributed by atoms with Gasteiger partial charge in [0.05, 0.1) is 41.1 Å². The number of aryl methyl sites for hydroxylation is 1. The van der Waals surface area contributed by atoms with Crippen LogP contribution in [0.4, 0.5) is 5.69 Å². The number of fused-ring (bicyclic) bond motifs is 2. The van der Waals surface area contributed by atoms with E-state index in [4.69, 9.17) is 10.2 Å². The first-order chi connectivity index (χ1) is 16.9. The average molecular weight is 471 g/mol. The lowest BCUT2D eigenvalue weighted by Gasteiger charge is -2.48. The predicted octanol–water partition coefficient (Wildman–Crippen LogP) is 3.09. The third-order valence-electron chi connectivity index (χ3n) is 7.27. The average Bonchev–Trinajstić information content (AvgIpc) is 3.30. The van der Waals surface area contributed by atoms with Gasteiger partial charge in [-0.2, -0.15) is 5.26 Å². The van der Waals surface area contributed by atoms with Crippen LogP contribution in [0.3, 0.4) is 0 Å². The Balaban J connectivity index is 1.48. The maximum atomic E-state index is 12.8. The Morgan fingerprint density at radius 3 is 2.69 bits per heavy atom. The molecular formula is C26H30N8O. The predicted molar refractivity (Wildman–Crippen MR) is 135 cm³/mol. The van der Waals surface area contributed by atoms with Crippen molar-refractivity contribution in [3.63, 3.8) is 0 Å². The summed E-state index contributed by atoms with van der Waals surface area (Å²) in [4.78, 5) is 31.2.